The van der Waals surface area contributed by atoms with Gasteiger partial charge in [-0.3, -0.25) is 0 Å². The van der Waals surface area contributed by atoms with Crippen LogP contribution in [0.2, 0.25) is 0 Å². The van der Waals surface area contributed by atoms with Gasteiger partial charge in [0.2, 0.25) is 0 Å². The van der Waals surface area contributed by atoms with E-state index in [-0.39, 0.29) is 10.4 Å². The van der Waals surface area contributed by atoms with Crippen molar-refractivity contribution in [3.05, 3.63) is 36.7 Å². The fraction of sp³-hybridized carbons (Fsp3) is 0.368. The molecule has 0 bridgehead atoms. The number of nitrogens with two attached hydrogens (primary N) is 2. The number of piperidine rings is 1. The van der Waals surface area contributed by atoms with Crippen LogP contribution in [0.4, 0.5) is 11.5 Å². The highest BCUT2D eigenvalue weighted by molar-refractivity contribution is 7.90. The van der Waals surface area contributed by atoms with E-state index in [1.165, 1.54) is 12.6 Å². The molecule has 1 atom stereocenters. The number of rotatable bonds is 3. The Labute approximate surface area is 164 Å². The monoisotopic (exact) mass is 400 g/mol. The van der Waals surface area contributed by atoms with Gasteiger partial charge in [0.25, 0.3) is 0 Å². The Morgan fingerprint density at radius 2 is 1.93 bits per heavy atom. The van der Waals surface area contributed by atoms with Gasteiger partial charge in [0.05, 0.1) is 16.3 Å². The third-order valence-corrected chi connectivity index (χ3v) is 6.34. The van der Waals surface area contributed by atoms with Gasteiger partial charge in [-0.2, -0.15) is 5.10 Å². The molecule has 0 spiro atoms. The Morgan fingerprint density at radius 3 is 2.57 bits per heavy atom. The molecule has 4 rings (SSSR count). The minimum atomic E-state index is -3.25. The first-order valence-electron chi connectivity index (χ1n) is 9.12. The highest BCUT2D eigenvalue weighted by Gasteiger charge is 2.29. The first kappa shape index (κ1) is 18.7. The van der Waals surface area contributed by atoms with Crippen molar-refractivity contribution >= 4 is 26.9 Å². The smallest absolute Gasteiger partial charge is 0.175 e. The van der Waals surface area contributed by atoms with Crippen molar-refractivity contribution in [2.45, 2.75) is 30.2 Å². The van der Waals surface area contributed by atoms with Crippen LogP contribution >= 0.6 is 0 Å². The normalized spacial score (nSPS) is 20.6. The Bertz CT molecular complexity index is 1140. The van der Waals surface area contributed by atoms with Gasteiger partial charge >= 0.3 is 0 Å². The molecule has 28 heavy (non-hydrogen) atoms. The van der Waals surface area contributed by atoms with Crippen LogP contribution in [0.5, 0.6) is 0 Å². The maximum Gasteiger partial charge on any atom is 0.175 e. The molecule has 1 aliphatic heterocycles. The van der Waals surface area contributed by atoms with Crippen LogP contribution in [0.15, 0.2) is 41.6 Å². The van der Waals surface area contributed by atoms with Gasteiger partial charge in [0.15, 0.2) is 15.7 Å². The van der Waals surface area contributed by atoms with Gasteiger partial charge in [0.1, 0.15) is 11.8 Å². The summed E-state index contributed by atoms with van der Waals surface area (Å²) in [6.07, 6.45) is 4.59. The molecule has 8 nitrogen and oxygen atoms in total. The summed E-state index contributed by atoms with van der Waals surface area (Å²) in [5.74, 6) is 0.397. The Balaban J connectivity index is 1.85. The van der Waals surface area contributed by atoms with E-state index >= 15 is 0 Å². The number of nitrogens with zero attached hydrogens (tertiary/aromatic N) is 4. The van der Waals surface area contributed by atoms with Crippen LogP contribution < -0.4 is 16.4 Å². The number of hydrogen-bond acceptors (Lipinski definition) is 7. The number of sulfone groups is 1. The molecule has 148 valence electrons. The standard InChI is InChI=1S/C19H24N6O2S/c1-19(21)8-3-9-24(11-19)16-10-15(25-17(16)18(20)22-12-23-25)13-4-6-14(7-5-13)28(2,26)27/h4-7,10,12H,3,8-9,11,21H2,1-2H3,(H2,20,22,23)/t19-/m1/s1. The van der Waals surface area contributed by atoms with Crippen molar-refractivity contribution in [1.82, 2.24) is 14.6 Å². The lowest BCUT2D eigenvalue weighted by Gasteiger charge is -2.38. The highest BCUT2D eigenvalue weighted by atomic mass is 32.2. The van der Waals surface area contributed by atoms with Crippen LogP contribution in [0, 0.1) is 0 Å². The molecule has 1 fully saturated rings. The molecular formula is C19H24N6O2S. The van der Waals surface area contributed by atoms with Crippen molar-refractivity contribution in [2.75, 3.05) is 30.0 Å². The van der Waals surface area contributed by atoms with Crippen LogP contribution in [0.1, 0.15) is 19.8 Å². The predicted octanol–water partition coefficient (Wildman–Crippen LogP) is 1.70. The third kappa shape index (κ3) is 3.31. The maximum absolute atomic E-state index is 11.7. The van der Waals surface area contributed by atoms with Gasteiger partial charge in [-0.25, -0.2) is 17.9 Å². The minimum Gasteiger partial charge on any atom is -0.382 e. The van der Waals surface area contributed by atoms with Gasteiger partial charge in [-0.15, -0.1) is 0 Å². The van der Waals surface area contributed by atoms with E-state index in [2.05, 4.69) is 21.9 Å². The molecule has 3 aromatic rings. The zero-order chi connectivity index (χ0) is 20.1. The lowest BCUT2D eigenvalue weighted by Crippen LogP contribution is -2.52. The van der Waals surface area contributed by atoms with Crippen LogP contribution in [0.25, 0.3) is 16.8 Å². The molecule has 4 N–H and O–H groups in total. The van der Waals surface area contributed by atoms with Crippen LogP contribution in [-0.2, 0) is 9.84 Å². The fourth-order valence-electron chi connectivity index (χ4n) is 3.84. The predicted molar refractivity (Wildman–Crippen MR) is 110 cm³/mol. The van der Waals surface area contributed by atoms with E-state index in [0.29, 0.717) is 12.4 Å². The molecule has 0 amide bonds. The second-order valence-corrected chi connectivity index (χ2v) is 9.81. The first-order chi connectivity index (χ1) is 13.2. The Hall–Kier alpha value is -2.65. The second kappa shape index (κ2) is 6.46. The van der Waals surface area contributed by atoms with Crippen molar-refractivity contribution < 1.29 is 8.42 Å². The molecule has 0 aliphatic carbocycles. The van der Waals surface area contributed by atoms with Crippen molar-refractivity contribution in [1.29, 1.82) is 0 Å². The lowest BCUT2D eigenvalue weighted by atomic mass is 9.92. The van der Waals surface area contributed by atoms with Gasteiger partial charge in [-0.1, -0.05) is 12.1 Å². The lowest BCUT2D eigenvalue weighted by molar-refractivity contribution is 0.375. The molecule has 1 aliphatic rings. The minimum absolute atomic E-state index is 0.270. The fourth-order valence-corrected chi connectivity index (χ4v) is 4.47. The summed E-state index contributed by atoms with van der Waals surface area (Å²) in [4.78, 5) is 6.67. The SMILES string of the molecule is C[C@@]1(N)CCCN(c2cc(-c3ccc(S(C)(=O)=O)cc3)n3ncnc(N)c23)C1. The summed E-state index contributed by atoms with van der Waals surface area (Å²) in [6, 6.07) is 8.79. The Kier molecular flexibility index (Phi) is 4.31. The van der Waals surface area contributed by atoms with E-state index in [0.717, 1.165) is 41.8 Å². The molecular weight excluding hydrogens is 376 g/mol. The maximum atomic E-state index is 11.7. The topological polar surface area (TPSA) is 120 Å². The zero-order valence-corrected chi connectivity index (χ0v) is 16.8. The number of nitrogen functional groups attached to an aromatic ring is 1. The van der Waals surface area contributed by atoms with Gasteiger partial charge < -0.3 is 16.4 Å². The molecule has 1 saturated heterocycles. The highest BCUT2D eigenvalue weighted by Crippen LogP contribution is 2.36. The average Bonchev–Trinajstić information content (AvgIpc) is 3.01. The average molecular weight is 401 g/mol. The van der Waals surface area contributed by atoms with E-state index in [1.54, 1.807) is 28.8 Å². The molecule has 3 heterocycles. The molecule has 9 heteroatoms. The van der Waals surface area contributed by atoms with E-state index in [9.17, 15) is 8.42 Å². The molecule has 1 aromatic carbocycles. The van der Waals surface area contributed by atoms with Gasteiger partial charge in [-0.05, 0) is 38.0 Å². The number of benzene rings is 1. The quantitative estimate of drug-likeness (QED) is 0.686. The van der Waals surface area contributed by atoms with Crippen molar-refractivity contribution in [2.24, 2.45) is 5.73 Å². The van der Waals surface area contributed by atoms with E-state index < -0.39 is 9.84 Å². The van der Waals surface area contributed by atoms with E-state index in [4.69, 9.17) is 11.5 Å². The summed E-state index contributed by atoms with van der Waals surface area (Å²) >= 11 is 0. The van der Waals surface area contributed by atoms with E-state index in [1.807, 2.05) is 6.07 Å². The number of fused-ring (bicyclic) bond motifs is 1. The summed E-state index contributed by atoms with van der Waals surface area (Å²) in [5, 5.41) is 4.39. The summed E-state index contributed by atoms with van der Waals surface area (Å²) in [7, 11) is -3.25. The molecule has 0 unspecified atom stereocenters. The largest absolute Gasteiger partial charge is 0.382 e. The number of aromatic nitrogens is 3. The first-order valence-corrected chi connectivity index (χ1v) is 11.0. The van der Waals surface area contributed by atoms with Crippen LogP contribution in [0.3, 0.4) is 0 Å². The Morgan fingerprint density at radius 1 is 1.21 bits per heavy atom. The van der Waals surface area contributed by atoms with Crippen molar-refractivity contribution in [3.63, 3.8) is 0 Å². The van der Waals surface area contributed by atoms with Crippen LogP contribution in [-0.4, -0.2) is 47.9 Å². The second-order valence-electron chi connectivity index (χ2n) is 7.80. The molecule has 0 saturated carbocycles. The number of hydrogen-bond donors (Lipinski definition) is 2. The zero-order valence-electron chi connectivity index (χ0n) is 16.0. The summed E-state index contributed by atoms with van der Waals surface area (Å²) in [6.45, 7) is 3.66. The molecule has 2 aromatic heterocycles. The van der Waals surface area contributed by atoms with Crippen molar-refractivity contribution in [3.8, 4) is 11.3 Å². The molecule has 0 radical (unpaired) electrons. The summed E-state index contributed by atoms with van der Waals surface area (Å²) < 4.78 is 25.3. The van der Waals surface area contributed by atoms with Gasteiger partial charge in [0, 0.05) is 30.4 Å². The summed E-state index contributed by atoms with van der Waals surface area (Å²) in [5.41, 5.74) is 15.7. The number of anilines is 2. The third-order valence-electron chi connectivity index (χ3n) is 5.21.